The molecule has 6 aromatic carbocycles. The van der Waals surface area contributed by atoms with E-state index in [4.69, 9.17) is 9.40 Å². The van der Waals surface area contributed by atoms with Crippen LogP contribution in [0.5, 0.6) is 0 Å². The molecule has 10 rings (SSSR count). The molecular formula is C50H39IrN3OS-2. The minimum atomic E-state index is 0. The first kappa shape index (κ1) is 37.3. The zero-order valence-corrected chi connectivity index (χ0v) is 34.8. The maximum absolute atomic E-state index is 6.10. The van der Waals surface area contributed by atoms with Gasteiger partial charge in [0.05, 0.1) is 16.9 Å². The summed E-state index contributed by atoms with van der Waals surface area (Å²) in [5.41, 5.74) is 13.2. The molecule has 4 nitrogen and oxygen atoms in total. The SMILES string of the molecule is CC(C)c1cccc(C(C)C)c1-n1c(-c2[c-]sc3ccc(-c4ccc5oc6ccccc6c5c4)cc23)nc2ccccc21.[Ir].[c-]1ccccc1-c1ccccn1. The topological polar surface area (TPSA) is 43.9 Å². The summed E-state index contributed by atoms with van der Waals surface area (Å²) < 4.78 is 9.70. The Morgan fingerprint density at radius 1 is 0.643 bits per heavy atom. The van der Waals surface area contributed by atoms with Gasteiger partial charge in [-0.3, -0.25) is 16.3 Å². The zero-order chi connectivity index (χ0) is 37.5. The molecule has 6 heteroatoms. The molecule has 0 amide bonds. The van der Waals surface area contributed by atoms with Gasteiger partial charge in [-0.05, 0) is 76.2 Å². The molecule has 0 atom stereocenters. The van der Waals surface area contributed by atoms with Crippen LogP contribution in [0.1, 0.15) is 50.7 Å². The molecule has 277 valence electrons. The molecule has 1 radical (unpaired) electrons. The van der Waals surface area contributed by atoms with Crippen LogP contribution in [0, 0.1) is 11.4 Å². The summed E-state index contributed by atoms with van der Waals surface area (Å²) >= 11 is 1.66. The van der Waals surface area contributed by atoms with Crippen molar-refractivity contribution in [2.75, 3.05) is 0 Å². The van der Waals surface area contributed by atoms with E-state index in [1.54, 1.807) is 17.5 Å². The van der Waals surface area contributed by atoms with Gasteiger partial charge in [-0.15, -0.1) is 41.3 Å². The van der Waals surface area contributed by atoms with Gasteiger partial charge in [-0.25, -0.2) is 0 Å². The molecule has 56 heavy (non-hydrogen) atoms. The summed E-state index contributed by atoms with van der Waals surface area (Å²) in [4.78, 5) is 9.50. The van der Waals surface area contributed by atoms with Crippen molar-refractivity contribution in [3.05, 3.63) is 174 Å². The van der Waals surface area contributed by atoms with E-state index >= 15 is 0 Å². The number of aromatic nitrogens is 3. The largest absolute Gasteiger partial charge is 0.456 e. The van der Waals surface area contributed by atoms with Crippen molar-refractivity contribution >= 4 is 54.4 Å². The Kier molecular flexibility index (Phi) is 10.5. The van der Waals surface area contributed by atoms with Crippen LogP contribution in [-0.4, -0.2) is 14.5 Å². The van der Waals surface area contributed by atoms with Gasteiger partial charge in [-0.1, -0.05) is 128 Å². The number of thiophene rings is 1. The minimum absolute atomic E-state index is 0. The van der Waals surface area contributed by atoms with E-state index < -0.39 is 0 Å². The van der Waals surface area contributed by atoms with Crippen molar-refractivity contribution in [2.45, 2.75) is 39.5 Å². The van der Waals surface area contributed by atoms with E-state index in [1.807, 2.05) is 54.6 Å². The third-order valence-electron chi connectivity index (χ3n) is 10.2. The molecule has 4 heterocycles. The smallest absolute Gasteiger partial charge is 0.135 e. The molecule has 10 aromatic rings. The molecule has 4 aromatic heterocycles. The molecule has 0 fully saturated rings. The van der Waals surface area contributed by atoms with Crippen molar-refractivity contribution in [1.29, 1.82) is 0 Å². The number of rotatable bonds is 6. The van der Waals surface area contributed by atoms with E-state index in [-0.39, 0.29) is 20.1 Å². The molecule has 0 bridgehead atoms. The fourth-order valence-electron chi connectivity index (χ4n) is 7.49. The van der Waals surface area contributed by atoms with Crippen molar-refractivity contribution < 1.29 is 24.5 Å². The molecule has 0 spiro atoms. The number of furan rings is 1. The monoisotopic (exact) mass is 922 g/mol. The van der Waals surface area contributed by atoms with E-state index in [0.29, 0.717) is 11.8 Å². The molecule has 0 aliphatic heterocycles. The second-order valence-corrected chi connectivity index (χ2v) is 15.3. The van der Waals surface area contributed by atoms with Crippen LogP contribution < -0.4 is 0 Å². The van der Waals surface area contributed by atoms with Crippen molar-refractivity contribution in [2.24, 2.45) is 0 Å². The molecule has 0 saturated carbocycles. The van der Waals surface area contributed by atoms with Crippen molar-refractivity contribution in [3.63, 3.8) is 0 Å². The molecule has 0 N–H and O–H groups in total. The van der Waals surface area contributed by atoms with Gasteiger partial charge < -0.3 is 14.0 Å². The maximum atomic E-state index is 6.10. The van der Waals surface area contributed by atoms with E-state index in [0.717, 1.165) is 55.6 Å². The first-order chi connectivity index (χ1) is 26.9. The Morgan fingerprint density at radius 2 is 1.34 bits per heavy atom. The van der Waals surface area contributed by atoms with Gasteiger partial charge in [0.2, 0.25) is 0 Å². The Balaban J connectivity index is 0.000000290. The van der Waals surface area contributed by atoms with Gasteiger partial charge in [0.25, 0.3) is 0 Å². The normalized spacial score (nSPS) is 11.4. The summed E-state index contributed by atoms with van der Waals surface area (Å²) in [6.07, 6.45) is 1.79. The van der Waals surface area contributed by atoms with Gasteiger partial charge in [0, 0.05) is 42.8 Å². The number of hydrogen-bond donors (Lipinski definition) is 0. The number of nitrogens with zero attached hydrogens (tertiary/aromatic N) is 3. The Bertz CT molecular complexity index is 2880. The summed E-state index contributed by atoms with van der Waals surface area (Å²) in [6, 6.07) is 53.5. The quantitative estimate of drug-likeness (QED) is 0.156. The minimum Gasteiger partial charge on any atom is -0.456 e. The first-order valence-corrected chi connectivity index (χ1v) is 19.6. The van der Waals surface area contributed by atoms with Crippen molar-refractivity contribution in [1.82, 2.24) is 14.5 Å². The van der Waals surface area contributed by atoms with Crippen LogP contribution in [0.3, 0.4) is 0 Å². The van der Waals surface area contributed by atoms with Crippen LogP contribution in [0.2, 0.25) is 0 Å². The van der Waals surface area contributed by atoms with Gasteiger partial charge in [-0.2, -0.15) is 0 Å². The second-order valence-electron chi connectivity index (χ2n) is 14.4. The second kappa shape index (κ2) is 15.8. The molecule has 0 aliphatic carbocycles. The molecular weight excluding hydrogens is 883 g/mol. The van der Waals surface area contributed by atoms with Crippen LogP contribution in [0.4, 0.5) is 0 Å². The summed E-state index contributed by atoms with van der Waals surface area (Å²) in [7, 11) is 0. The number of para-hydroxylation sites is 4. The summed E-state index contributed by atoms with van der Waals surface area (Å²) in [5.74, 6) is 1.67. The first-order valence-electron chi connectivity index (χ1n) is 18.8. The van der Waals surface area contributed by atoms with Crippen LogP contribution >= 0.6 is 11.3 Å². The zero-order valence-electron chi connectivity index (χ0n) is 31.6. The average molecular weight is 922 g/mol. The van der Waals surface area contributed by atoms with Crippen molar-refractivity contribution in [3.8, 4) is 39.5 Å². The predicted molar refractivity (Wildman–Crippen MR) is 230 cm³/mol. The number of benzene rings is 6. The number of imidazole rings is 1. The average Bonchev–Trinajstić information content (AvgIpc) is 3.94. The Hall–Kier alpha value is -5.65. The third kappa shape index (κ3) is 6.90. The van der Waals surface area contributed by atoms with Gasteiger partial charge >= 0.3 is 0 Å². The predicted octanol–water partition coefficient (Wildman–Crippen LogP) is 14.1. The number of fused-ring (bicyclic) bond motifs is 5. The van der Waals surface area contributed by atoms with Crippen LogP contribution in [-0.2, 0) is 20.1 Å². The van der Waals surface area contributed by atoms with E-state index in [2.05, 4.69) is 140 Å². The fraction of sp³-hybridized carbons (Fsp3) is 0.120. The standard InChI is InChI=1S/C39H31N2OS.C11H8N.Ir/c1-23(2)27-11-9-12-28(24(3)4)38(27)41-34-14-7-6-13-33(34)40-39(41)32-22-43-37-19-17-26(21-31(32)37)25-16-18-36-30(20-25)29-10-5-8-15-35(29)42-36;1-2-6-10(7-3-1)11-8-4-5-9-12-11;/h5-21,23-24H,1-4H3;1-6,8-9H;/q2*-1;. The van der Waals surface area contributed by atoms with Gasteiger partial charge in [0.1, 0.15) is 11.2 Å². The molecule has 0 saturated heterocycles. The van der Waals surface area contributed by atoms with Crippen LogP contribution in [0.15, 0.2) is 156 Å². The maximum Gasteiger partial charge on any atom is 0.135 e. The molecule has 0 aliphatic rings. The van der Waals surface area contributed by atoms with E-state index in [9.17, 15) is 0 Å². The van der Waals surface area contributed by atoms with Gasteiger partial charge in [0.15, 0.2) is 0 Å². The number of pyridine rings is 1. The Morgan fingerprint density at radius 3 is 2.09 bits per heavy atom. The van der Waals surface area contributed by atoms with E-state index in [1.165, 1.54) is 38.0 Å². The van der Waals surface area contributed by atoms with Crippen LogP contribution in [0.25, 0.3) is 82.5 Å². The summed E-state index contributed by atoms with van der Waals surface area (Å²) in [6.45, 7) is 9.11. The third-order valence-corrected chi connectivity index (χ3v) is 11.1. The number of hydrogen-bond acceptors (Lipinski definition) is 4. The fourth-order valence-corrected chi connectivity index (χ4v) is 8.31. The molecule has 0 unspecified atom stereocenters. The Labute approximate surface area is 344 Å². The summed E-state index contributed by atoms with van der Waals surface area (Å²) in [5, 5.41) is 7.12.